The predicted octanol–water partition coefficient (Wildman–Crippen LogP) is 0.341. The topological polar surface area (TPSA) is 67.6 Å². The van der Waals surface area contributed by atoms with Gasteiger partial charge >= 0.3 is 0 Å². The SMILES string of the molecule is CC(C)NC(=O)CN1CCC(OCCCN)CC1. The van der Waals surface area contributed by atoms with Crippen LogP contribution in [0.2, 0.25) is 0 Å². The zero-order valence-electron chi connectivity index (χ0n) is 11.7. The lowest BCUT2D eigenvalue weighted by Gasteiger charge is -2.31. The molecule has 0 radical (unpaired) electrons. The number of amides is 1. The summed E-state index contributed by atoms with van der Waals surface area (Å²) in [5.41, 5.74) is 5.43. The Hall–Kier alpha value is -0.650. The molecule has 0 aliphatic carbocycles. The van der Waals surface area contributed by atoms with Crippen molar-refractivity contribution in [2.75, 3.05) is 32.8 Å². The van der Waals surface area contributed by atoms with Crippen molar-refractivity contribution in [1.82, 2.24) is 10.2 Å². The first-order valence-electron chi connectivity index (χ1n) is 6.95. The molecule has 3 N–H and O–H groups in total. The van der Waals surface area contributed by atoms with Gasteiger partial charge in [-0.2, -0.15) is 0 Å². The van der Waals surface area contributed by atoms with E-state index in [2.05, 4.69) is 10.2 Å². The Morgan fingerprint density at radius 1 is 1.44 bits per heavy atom. The number of nitrogens with zero attached hydrogens (tertiary/aromatic N) is 1. The summed E-state index contributed by atoms with van der Waals surface area (Å²) in [4.78, 5) is 13.8. The van der Waals surface area contributed by atoms with E-state index in [-0.39, 0.29) is 11.9 Å². The maximum Gasteiger partial charge on any atom is 0.234 e. The van der Waals surface area contributed by atoms with E-state index in [1.165, 1.54) is 0 Å². The number of hydrogen-bond donors (Lipinski definition) is 2. The van der Waals surface area contributed by atoms with Crippen molar-refractivity contribution in [3.8, 4) is 0 Å². The summed E-state index contributed by atoms with van der Waals surface area (Å²) in [5, 5.41) is 2.92. The molecule has 1 heterocycles. The van der Waals surface area contributed by atoms with Crippen LogP contribution in [0.1, 0.15) is 33.1 Å². The number of likely N-dealkylation sites (tertiary alicyclic amines) is 1. The van der Waals surface area contributed by atoms with Gasteiger partial charge in [0.05, 0.1) is 12.6 Å². The number of hydrogen-bond acceptors (Lipinski definition) is 4. The van der Waals surface area contributed by atoms with Crippen molar-refractivity contribution in [2.24, 2.45) is 5.73 Å². The third-order valence-electron chi connectivity index (χ3n) is 3.05. The van der Waals surface area contributed by atoms with E-state index in [1.807, 2.05) is 13.8 Å². The third kappa shape index (κ3) is 6.33. The Morgan fingerprint density at radius 3 is 2.67 bits per heavy atom. The standard InChI is InChI=1S/C13H27N3O2/c1-11(2)15-13(17)10-16-7-4-12(5-8-16)18-9-3-6-14/h11-12H,3-10,14H2,1-2H3,(H,15,17). The summed E-state index contributed by atoms with van der Waals surface area (Å²) in [6.07, 6.45) is 3.30. The Morgan fingerprint density at radius 2 is 2.11 bits per heavy atom. The van der Waals surface area contributed by atoms with Crippen LogP contribution in [0.4, 0.5) is 0 Å². The zero-order chi connectivity index (χ0) is 13.4. The maximum atomic E-state index is 11.6. The van der Waals surface area contributed by atoms with Crippen LogP contribution in [0.15, 0.2) is 0 Å². The van der Waals surface area contributed by atoms with Gasteiger partial charge < -0.3 is 15.8 Å². The van der Waals surface area contributed by atoms with Crippen LogP contribution in [-0.2, 0) is 9.53 Å². The highest BCUT2D eigenvalue weighted by molar-refractivity contribution is 5.78. The Labute approximate surface area is 110 Å². The molecule has 0 spiro atoms. The molecule has 1 amide bonds. The zero-order valence-corrected chi connectivity index (χ0v) is 11.7. The fraction of sp³-hybridized carbons (Fsp3) is 0.923. The lowest BCUT2D eigenvalue weighted by Crippen LogP contribution is -2.44. The molecule has 0 unspecified atom stereocenters. The van der Waals surface area contributed by atoms with Crippen molar-refractivity contribution < 1.29 is 9.53 Å². The monoisotopic (exact) mass is 257 g/mol. The highest BCUT2D eigenvalue weighted by Crippen LogP contribution is 2.13. The Bertz CT molecular complexity index is 238. The minimum atomic E-state index is 0.118. The van der Waals surface area contributed by atoms with Gasteiger partial charge in [0.2, 0.25) is 5.91 Å². The maximum absolute atomic E-state index is 11.6. The van der Waals surface area contributed by atoms with Crippen LogP contribution in [-0.4, -0.2) is 55.7 Å². The van der Waals surface area contributed by atoms with Crippen LogP contribution in [0.25, 0.3) is 0 Å². The molecule has 0 bridgehead atoms. The van der Waals surface area contributed by atoms with E-state index >= 15 is 0 Å². The summed E-state index contributed by atoms with van der Waals surface area (Å²) >= 11 is 0. The van der Waals surface area contributed by atoms with Crippen LogP contribution >= 0.6 is 0 Å². The molecule has 5 heteroatoms. The van der Waals surface area contributed by atoms with Crippen LogP contribution in [0.3, 0.4) is 0 Å². The molecule has 1 aliphatic rings. The van der Waals surface area contributed by atoms with Gasteiger partial charge in [-0.05, 0) is 39.7 Å². The molecular formula is C13H27N3O2. The Kier molecular flexibility index (Phi) is 7.23. The minimum absolute atomic E-state index is 0.118. The molecule has 0 saturated carbocycles. The van der Waals surface area contributed by atoms with E-state index in [1.54, 1.807) is 0 Å². The lowest BCUT2D eigenvalue weighted by atomic mass is 10.1. The van der Waals surface area contributed by atoms with Gasteiger partial charge in [0.15, 0.2) is 0 Å². The molecule has 0 aromatic carbocycles. The number of carbonyl (C=O) groups excluding carboxylic acids is 1. The highest BCUT2D eigenvalue weighted by atomic mass is 16.5. The first-order chi connectivity index (χ1) is 8.61. The smallest absolute Gasteiger partial charge is 0.234 e. The Balaban J connectivity index is 2.13. The van der Waals surface area contributed by atoms with Crippen molar-refractivity contribution in [1.29, 1.82) is 0 Å². The van der Waals surface area contributed by atoms with Crippen LogP contribution in [0.5, 0.6) is 0 Å². The van der Waals surface area contributed by atoms with E-state index in [4.69, 9.17) is 10.5 Å². The van der Waals surface area contributed by atoms with E-state index < -0.39 is 0 Å². The number of piperidine rings is 1. The first kappa shape index (κ1) is 15.4. The van der Waals surface area contributed by atoms with Crippen molar-refractivity contribution in [2.45, 2.75) is 45.3 Å². The average Bonchev–Trinajstić information content (AvgIpc) is 2.30. The molecule has 5 nitrogen and oxygen atoms in total. The molecular weight excluding hydrogens is 230 g/mol. The van der Waals surface area contributed by atoms with E-state index in [9.17, 15) is 4.79 Å². The first-order valence-corrected chi connectivity index (χ1v) is 6.95. The average molecular weight is 257 g/mol. The molecule has 0 aromatic heterocycles. The van der Waals surface area contributed by atoms with E-state index in [0.29, 0.717) is 19.2 Å². The van der Waals surface area contributed by atoms with Gasteiger partial charge in [-0.1, -0.05) is 0 Å². The molecule has 1 fully saturated rings. The second kappa shape index (κ2) is 8.45. The summed E-state index contributed by atoms with van der Waals surface area (Å²) in [6.45, 7) is 7.80. The third-order valence-corrected chi connectivity index (χ3v) is 3.05. The lowest BCUT2D eigenvalue weighted by molar-refractivity contribution is -0.123. The molecule has 0 aromatic rings. The van der Waals surface area contributed by atoms with Gasteiger partial charge in [-0.15, -0.1) is 0 Å². The normalized spacial score (nSPS) is 18.2. The molecule has 1 saturated heterocycles. The van der Waals surface area contributed by atoms with Gasteiger partial charge in [0.25, 0.3) is 0 Å². The number of nitrogens with two attached hydrogens (primary N) is 1. The summed E-state index contributed by atoms with van der Waals surface area (Å²) in [6, 6.07) is 0.217. The van der Waals surface area contributed by atoms with Crippen molar-refractivity contribution in [3.63, 3.8) is 0 Å². The number of ether oxygens (including phenoxy) is 1. The highest BCUT2D eigenvalue weighted by Gasteiger charge is 2.21. The summed E-state index contributed by atoms with van der Waals surface area (Å²) in [7, 11) is 0. The second-order valence-corrected chi connectivity index (χ2v) is 5.21. The molecule has 1 aliphatic heterocycles. The van der Waals surface area contributed by atoms with Gasteiger partial charge in [-0.3, -0.25) is 9.69 Å². The number of carbonyl (C=O) groups is 1. The molecule has 106 valence electrons. The summed E-state index contributed by atoms with van der Waals surface area (Å²) < 4.78 is 5.73. The quantitative estimate of drug-likeness (QED) is 0.645. The molecule has 18 heavy (non-hydrogen) atoms. The van der Waals surface area contributed by atoms with Gasteiger partial charge in [-0.25, -0.2) is 0 Å². The number of nitrogens with one attached hydrogen (secondary N) is 1. The number of rotatable bonds is 7. The van der Waals surface area contributed by atoms with Crippen LogP contribution < -0.4 is 11.1 Å². The largest absolute Gasteiger partial charge is 0.378 e. The van der Waals surface area contributed by atoms with Crippen LogP contribution in [0, 0.1) is 0 Å². The summed E-state index contributed by atoms with van der Waals surface area (Å²) in [5.74, 6) is 0.118. The predicted molar refractivity (Wildman–Crippen MR) is 72.4 cm³/mol. The van der Waals surface area contributed by atoms with Gasteiger partial charge in [0, 0.05) is 25.7 Å². The fourth-order valence-corrected chi connectivity index (χ4v) is 2.14. The second-order valence-electron chi connectivity index (χ2n) is 5.21. The van der Waals surface area contributed by atoms with Crippen molar-refractivity contribution >= 4 is 5.91 Å². The fourth-order valence-electron chi connectivity index (χ4n) is 2.14. The van der Waals surface area contributed by atoms with E-state index in [0.717, 1.165) is 39.0 Å². The van der Waals surface area contributed by atoms with Crippen molar-refractivity contribution in [3.05, 3.63) is 0 Å². The minimum Gasteiger partial charge on any atom is -0.378 e. The molecule has 0 atom stereocenters. The molecule has 1 rings (SSSR count). The van der Waals surface area contributed by atoms with Gasteiger partial charge in [0.1, 0.15) is 0 Å².